The molecule has 0 unspecified atom stereocenters. The molecule has 0 aliphatic carbocycles. The smallest absolute Gasteiger partial charge is 0.251 e. The fraction of sp³-hybridized carbons (Fsp3) is 0.364. The van der Waals surface area contributed by atoms with Crippen molar-refractivity contribution in [3.8, 4) is 0 Å². The second kappa shape index (κ2) is 8.65. The summed E-state index contributed by atoms with van der Waals surface area (Å²) in [5, 5.41) is 2.93. The van der Waals surface area contributed by atoms with Crippen LogP contribution in [0.5, 0.6) is 0 Å². The summed E-state index contributed by atoms with van der Waals surface area (Å²) in [6, 6.07) is 13.6. The molecule has 0 aromatic heterocycles. The maximum absolute atomic E-state index is 12.4. The number of carbonyl (C=O) groups excluding carboxylic acids is 2. The molecule has 4 heteroatoms. The average molecular weight is 352 g/mol. The van der Waals surface area contributed by atoms with Gasteiger partial charge in [0, 0.05) is 25.6 Å². The largest absolute Gasteiger partial charge is 0.350 e. The quantitative estimate of drug-likeness (QED) is 0.846. The number of rotatable bonds is 6. The van der Waals surface area contributed by atoms with Crippen LogP contribution >= 0.6 is 0 Å². The predicted octanol–water partition coefficient (Wildman–Crippen LogP) is 4.21. The van der Waals surface area contributed by atoms with Gasteiger partial charge in [0.25, 0.3) is 5.91 Å². The van der Waals surface area contributed by atoms with Crippen LogP contribution in [0.25, 0.3) is 0 Å². The zero-order chi connectivity index (χ0) is 19.3. The molecule has 0 heterocycles. The number of anilines is 1. The van der Waals surface area contributed by atoms with E-state index in [4.69, 9.17) is 0 Å². The minimum Gasteiger partial charge on any atom is -0.350 e. The zero-order valence-corrected chi connectivity index (χ0v) is 16.3. The molecule has 0 bridgehead atoms. The molecular weight excluding hydrogens is 324 g/mol. The van der Waals surface area contributed by atoms with Crippen molar-refractivity contribution in [3.05, 3.63) is 64.7 Å². The first-order valence-electron chi connectivity index (χ1n) is 9.04. The van der Waals surface area contributed by atoms with Gasteiger partial charge in [0.15, 0.2) is 0 Å². The van der Waals surface area contributed by atoms with Gasteiger partial charge in [0.1, 0.15) is 0 Å². The van der Waals surface area contributed by atoms with Gasteiger partial charge in [-0.1, -0.05) is 50.2 Å². The first-order chi connectivity index (χ1) is 12.3. The molecule has 138 valence electrons. The van der Waals surface area contributed by atoms with Crippen molar-refractivity contribution in [2.75, 3.05) is 18.0 Å². The third kappa shape index (κ3) is 4.51. The first-order valence-corrected chi connectivity index (χ1v) is 9.04. The van der Waals surface area contributed by atoms with Gasteiger partial charge in [-0.2, -0.15) is 0 Å². The number of carbonyl (C=O) groups is 2. The van der Waals surface area contributed by atoms with Gasteiger partial charge in [0.2, 0.25) is 5.91 Å². The Bertz CT molecular complexity index is 796. The molecular formula is C22H28N2O2. The molecule has 2 aromatic rings. The van der Waals surface area contributed by atoms with Crippen molar-refractivity contribution >= 4 is 17.5 Å². The first kappa shape index (κ1) is 19.7. The fourth-order valence-corrected chi connectivity index (χ4v) is 3.15. The standard InChI is InChI=1S/C22H28N2O2/c1-15(2)19-12-8-10-17(4)21(19)24(18(5)25)14-13-23-22(26)20-11-7-6-9-16(20)3/h6-12,15H,13-14H2,1-5H3,(H,23,26). The summed E-state index contributed by atoms with van der Waals surface area (Å²) in [6.07, 6.45) is 0. The Morgan fingerprint density at radius 2 is 1.65 bits per heavy atom. The summed E-state index contributed by atoms with van der Waals surface area (Å²) >= 11 is 0. The van der Waals surface area contributed by atoms with Crippen molar-refractivity contribution in [1.29, 1.82) is 0 Å². The number of nitrogens with one attached hydrogen (secondary N) is 1. The van der Waals surface area contributed by atoms with Gasteiger partial charge >= 0.3 is 0 Å². The van der Waals surface area contributed by atoms with Crippen molar-refractivity contribution < 1.29 is 9.59 Å². The van der Waals surface area contributed by atoms with E-state index in [0.29, 0.717) is 24.6 Å². The molecule has 0 aliphatic heterocycles. The molecule has 0 aliphatic rings. The summed E-state index contributed by atoms with van der Waals surface area (Å²) in [6.45, 7) is 10.6. The summed E-state index contributed by atoms with van der Waals surface area (Å²) in [5.41, 5.74) is 4.78. The molecule has 0 radical (unpaired) electrons. The van der Waals surface area contributed by atoms with Crippen LogP contribution in [-0.4, -0.2) is 24.9 Å². The lowest BCUT2D eigenvalue weighted by Gasteiger charge is -2.27. The van der Waals surface area contributed by atoms with Crippen LogP contribution in [0.1, 0.15) is 53.7 Å². The van der Waals surface area contributed by atoms with Gasteiger partial charge in [0.05, 0.1) is 5.69 Å². The molecule has 0 atom stereocenters. The van der Waals surface area contributed by atoms with E-state index in [0.717, 1.165) is 22.4 Å². The van der Waals surface area contributed by atoms with Gasteiger partial charge in [-0.15, -0.1) is 0 Å². The van der Waals surface area contributed by atoms with Crippen molar-refractivity contribution in [1.82, 2.24) is 5.32 Å². The van der Waals surface area contributed by atoms with Gasteiger partial charge in [-0.25, -0.2) is 0 Å². The van der Waals surface area contributed by atoms with Crippen LogP contribution in [0.2, 0.25) is 0 Å². The van der Waals surface area contributed by atoms with Crippen LogP contribution in [0, 0.1) is 13.8 Å². The molecule has 0 spiro atoms. The molecule has 2 aromatic carbocycles. The highest BCUT2D eigenvalue weighted by Gasteiger charge is 2.19. The highest BCUT2D eigenvalue weighted by Crippen LogP contribution is 2.30. The monoisotopic (exact) mass is 352 g/mol. The lowest BCUT2D eigenvalue weighted by Crippen LogP contribution is -2.38. The number of nitrogens with zero attached hydrogens (tertiary/aromatic N) is 1. The van der Waals surface area contributed by atoms with Crippen LogP contribution in [-0.2, 0) is 4.79 Å². The van der Waals surface area contributed by atoms with E-state index in [1.807, 2.05) is 50.2 Å². The van der Waals surface area contributed by atoms with E-state index < -0.39 is 0 Å². The molecule has 0 saturated carbocycles. The van der Waals surface area contributed by atoms with E-state index >= 15 is 0 Å². The van der Waals surface area contributed by atoms with E-state index in [2.05, 4.69) is 25.2 Å². The Morgan fingerprint density at radius 1 is 1.00 bits per heavy atom. The van der Waals surface area contributed by atoms with Gasteiger partial charge < -0.3 is 10.2 Å². The van der Waals surface area contributed by atoms with Crippen LogP contribution in [0.4, 0.5) is 5.69 Å². The number of amides is 2. The summed E-state index contributed by atoms with van der Waals surface area (Å²) < 4.78 is 0. The van der Waals surface area contributed by atoms with Crippen LogP contribution in [0.3, 0.4) is 0 Å². The third-order valence-corrected chi connectivity index (χ3v) is 4.55. The van der Waals surface area contributed by atoms with Crippen molar-refractivity contribution in [2.24, 2.45) is 0 Å². The Balaban J connectivity index is 2.15. The maximum atomic E-state index is 12.4. The zero-order valence-electron chi connectivity index (χ0n) is 16.3. The maximum Gasteiger partial charge on any atom is 0.251 e. The molecule has 2 amide bonds. The minimum atomic E-state index is -0.111. The van der Waals surface area contributed by atoms with Gasteiger partial charge in [-0.3, -0.25) is 9.59 Å². The fourth-order valence-electron chi connectivity index (χ4n) is 3.15. The number of para-hydroxylation sites is 1. The molecule has 1 N–H and O–H groups in total. The van der Waals surface area contributed by atoms with E-state index in [1.54, 1.807) is 11.8 Å². The Kier molecular flexibility index (Phi) is 6.56. The second-order valence-electron chi connectivity index (χ2n) is 6.91. The van der Waals surface area contributed by atoms with Gasteiger partial charge in [-0.05, 0) is 42.5 Å². The Hall–Kier alpha value is -2.62. The molecule has 2 rings (SSSR count). The predicted molar refractivity (Wildman–Crippen MR) is 107 cm³/mol. The average Bonchev–Trinajstić information content (AvgIpc) is 2.59. The van der Waals surface area contributed by atoms with Crippen LogP contribution < -0.4 is 10.2 Å². The molecule has 0 fully saturated rings. The van der Waals surface area contributed by atoms with Crippen LogP contribution in [0.15, 0.2) is 42.5 Å². The highest BCUT2D eigenvalue weighted by atomic mass is 16.2. The summed E-state index contributed by atoms with van der Waals surface area (Å²) in [4.78, 5) is 26.4. The topological polar surface area (TPSA) is 49.4 Å². The Morgan fingerprint density at radius 3 is 2.27 bits per heavy atom. The molecule has 26 heavy (non-hydrogen) atoms. The normalized spacial score (nSPS) is 10.7. The van der Waals surface area contributed by atoms with Crippen molar-refractivity contribution in [2.45, 2.75) is 40.5 Å². The minimum absolute atomic E-state index is 0.0219. The van der Waals surface area contributed by atoms with Crippen molar-refractivity contribution in [3.63, 3.8) is 0 Å². The SMILES string of the molecule is CC(=O)N(CCNC(=O)c1ccccc1C)c1c(C)cccc1C(C)C. The molecule has 4 nitrogen and oxygen atoms in total. The number of aryl methyl sites for hydroxylation is 2. The number of benzene rings is 2. The summed E-state index contributed by atoms with van der Waals surface area (Å²) in [7, 11) is 0. The van der Waals surface area contributed by atoms with E-state index in [9.17, 15) is 9.59 Å². The highest BCUT2D eigenvalue weighted by molar-refractivity contribution is 5.96. The lowest BCUT2D eigenvalue weighted by atomic mass is 9.97. The lowest BCUT2D eigenvalue weighted by molar-refractivity contribution is -0.116. The number of hydrogen-bond acceptors (Lipinski definition) is 2. The third-order valence-electron chi connectivity index (χ3n) is 4.55. The second-order valence-corrected chi connectivity index (χ2v) is 6.91. The Labute approximate surface area is 156 Å². The van der Waals surface area contributed by atoms with E-state index in [-0.39, 0.29) is 11.8 Å². The number of hydrogen-bond donors (Lipinski definition) is 1. The summed E-state index contributed by atoms with van der Waals surface area (Å²) in [5.74, 6) is 0.181. The van der Waals surface area contributed by atoms with E-state index in [1.165, 1.54) is 0 Å². The molecule has 0 saturated heterocycles.